The maximum Gasteiger partial charge on any atom is 0.460 e. The molecule has 2 nitrogen and oxygen atoms in total. The Labute approximate surface area is 166 Å². The molecule has 0 radical (unpaired) electrons. The lowest BCUT2D eigenvalue weighted by molar-refractivity contribution is -0.436. The highest BCUT2D eigenvalue weighted by molar-refractivity contribution is 14.1. The van der Waals surface area contributed by atoms with Crippen LogP contribution in [0, 0.1) is 0 Å². The first-order valence-corrected chi connectivity index (χ1v) is 8.51. The first-order valence-electron chi connectivity index (χ1n) is 7.43. The number of hydrogen-bond acceptors (Lipinski definition) is 2. The lowest BCUT2D eigenvalue weighted by Crippen LogP contribution is -2.69. The molecule has 0 amide bonds. The zero-order valence-electron chi connectivity index (χ0n) is 14.0. The fourth-order valence-electron chi connectivity index (χ4n) is 2.65. The van der Waals surface area contributed by atoms with Crippen molar-refractivity contribution in [2.45, 2.75) is 49.2 Å². The van der Waals surface area contributed by atoms with E-state index in [0.29, 0.717) is 0 Å². The molecule has 1 atom stereocenters. The summed E-state index contributed by atoms with van der Waals surface area (Å²) in [5, 5.41) is 10.4. The van der Waals surface area contributed by atoms with Crippen LogP contribution in [0.2, 0.25) is 0 Å². The second-order valence-corrected chi connectivity index (χ2v) is 7.61. The highest BCUT2D eigenvalue weighted by Crippen LogP contribution is 2.62. The topological polar surface area (TPSA) is 29.5 Å². The zero-order valence-corrected chi connectivity index (χ0v) is 16.2. The van der Waals surface area contributed by atoms with Gasteiger partial charge in [-0.05, 0) is 42.0 Å². The summed E-state index contributed by atoms with van der Waals surface area (Å²) in [6.07, 6.45) is -7.01. The Hall–Kier alpha value is -1.02. The van der Waals surface area contributed by atoms with E-state index < -0.39 is 40.9 Å². The van der Waals surface area contributed by atoms with Gasteiger partial charge >= 0.3 is 23.9 Å². The first kappa shape index (κ1) is 23.3. The Kier molecular flexibility index (Phi) is 5.39. The number of halogens is 10. The molecule has 12 heteroatoms. The summed E-state index contributed by atoms with van der Waals surface area (Å²) in [5.41, 5.74) is -3.22. The Morgan fingerprint density at radius 3 is 1.75 bits per heavy atom. The van der Waals surface area contributed by atoms with Gasteiger partial charge in [-0.15, -0.1) is 0 Å². The molecule has 1 N–H and O–H groups in total. The van der Waals surface area contributed by atoms with Crippen molar-refractivity contribution < 1.29 is 49.4 Å². The number of aliphatic hydroxyl groups is 1. The summed E-state index contributed by atoms with van der Waals surface area (Å²) in [6.45, 7) is 2.12. The molecule has 0 saturated heterocycles. The van der Waals surface area contributed by atoms with Crippen LogP contribution in [0.15, 0.2) is 33.9 Å². The molecule has 158 valence electrons. The fraction of sp³-hybridized carbons (Fsp3) is 0.500. The van der Waals surface area contributed by atoms with Gasteiger partial charge in [-0.1, -0.05) is 30.3 Å². The SMILES string of the molecule is CC1(C)OC(O)(C(F)(F)C(F)(F)C(F)(F)C(F)(F)F)C(c2ccccc2)=C1I. The van der Waals surface area contributed by atoms with Gasteiger partial charge in [-0.2, -0.15) is 39.5 Å². The molecule has 1 aliphatic rings. The van der Waals surface area contributed by atoms with Gasteiger partial charge in [0.1, 0.15) is 0 Å². The molecule has 1 aromatic rings. The minimum Gasteiger partial charge on any atom is -0.357 e. The summed E-state index contributed by atoms with van der Waals surface area (Å²) < 4.78 is 125. The van der Waals surface area contributed by atoms with Crippen LogP contribution in [-0.2, 0) is 4.74 Å². The first-order chi connectivity index (χ1) is 12.3. The van der Waals surface area contributed by atoms with Crippen LogP contribution in [0.4, 0.5) is 39.5 Å². The molecule has 0 spiro atoms. The number of ether oxygens (including phenoxy) is 1. The predicted molar refractivity (Wildman–Crippen MR) is 88.4 cm³/mol. The highest BCUT2D eigenvalue weighted by Gasteiger charge is 2.87. The Bertz CT molecular complexity index is 787. The normalized spacial score (nSPS) is 24.0. The molecule has 28 heavy (non-hydrogen) atoms. The molecule has 1 heterocycles. The molecule has 1 aromatic carbocycles. The number of benzene rings is 1. The smallest absolute Gasteiger partial charge is 0.357 e. The van der Waals surface area contributed by atoms with Crippen molar-refractivity contribution in [1.82, 2.24) is 0 Å². The van der Waals surface area contributed by atoms with E-state index in [1.54, 1.807) is 0 Å². The third kappa shape index (κ3) is 3.02. The molecular formula is C16H12F9IO2. The van der Waals surface area contributed by atoms with Crippen LogP contribution in [0.3, 0.4) is 0 Å². The van der Waals surface area contributed by atoms with Gasteiger partial charge in [0.15, 0.2) is 0 Å². The molecule has 1 aliphatic heterocycles. The number of hydrogen-bond donors (Lipinski definition) is 1. The average Bonchev–Trinajstić information content (AvgIpc) is 2.72. The molecule has 0 fully saturated rings. The van der Waals surface area contributed by atoms with Gasteiger partial charge in [0.05, 0.1) is 5.60 Å². The summed E-state index contributed by atoms with van der Waals surface area (Å²) in [5.74, 6) is -25.0. The third-order valence-electron chi connectivity index (χ3n) is 4.12. The van der Waals surface area contributed by atoms with Crippen molar-refractivity contribution in [2.75, 3.05) is 0 Å². The van der Waals surface area contributed by atoms with Gasteiger partial charge in [-0.25, -0.2) is 0 Å². The minimum absolute atomic E-state index is 0.274. The van der Waals surface area contributed by atoms with Crippen LogP contribution in [-0.4, -0.2) is 40.4 Å². The summed E-state index contributed by atoms with van der Waals surface area (Å²) in [7, 11) is 0. The van der Waals surface area contributed by atoms with Crippen molar-refractivity contribution in [3.63, 3.8) is 0 Å². The van der Waals surface area contributed by atoms with E-state index in [2.05, 4.69) is 4.74 Å². The predicted octanol–water partition coefficient (Wildman–Crippen LogP) is 5.80. The van der Waals surface area contributed by atoms with Crippen LogP contribution in [0.25, 0.3) is 5.57 Å². The van der Waals surface area contributed by atoms with Gasteiger partial charge < -0.3 is 9.84 Å². The lowest BCUT2D eigenvalue weighted by atomic mass is 9.87. The average molecular weight is 534 g/mol. The van der Waals surface area contributed by atoms with E-state index in [1.165, 1.54) is 40.8 Å². The van der Waals surface area contributed by atoms with Crippen molar-refractivity contribution >= 4 is 28.2 Å². The Morgan fingerprint density at radius 2 is 1.32 bits per heavy atom. The fourth-order valence-corrected chi connectivity index (χ4v) is 3.44. The van der Waals surface area contributed by atoms with Gasteiger partial charge in [-0.3, -0.25) is 0 Å². The second kappa shape index (κ2) is 6.49. The standard InChI is InChI=1S/C16H12F9IO2/c1-11(2)10(26)9(8-6-4-3-5-7-8)12(27,28-11)13(17,18)14(19,20)15(21,22)16(23,24)25/h3-7,27H,1-2H3. The summed E-state index contributed by atoms with van der Waals surface area (Å²) in [4.78, 5) is 0. The molecule has 0 bridgehead atoms. The molecule has 1 unspecified atom stereocenters. The Balaban J connectivity index is 2.76. The van der Waals surface area contributed by atoms with Crippen molar-refractivity contribution in [3.8, 4) is 0 Å². The second-order valence-electron chi connectivity index (χ2n) is 6.53. The Morgan fingerprint density at radius 1 is 0.857 bits per heavy atom. The zero-order chi connectivity index (χ0) is 22.0. The van der Waals surface area contributed by atoms with Crippen LogP contribution in [0.5, 0.6) is 0 Å². The van der Waals surface area contributed by atoms with Crippen LogP contribution < -0.4 is 0 Å². The van der Waals surface area contributed by atoms with Crippen LogP contribution >= 0.6 is 22.6 Å². The monoisotopic (exact) mass is 534 g/mol. The summed E-state index contributed by atoms with van der Waals surface area (Å²) >= 11 is 1.38. The van der Waals surface area contributed by atoms with E-state index in [4.69, 9.17) is 0 Å². The number of rotatable bonds is 4. The highest BCUT2D eigenvalue weighted by atomic mass is 127. The lowest BCUT2D eigenvalue weighted by Gasteiger charge is -2.42. The summed E-state index contributed by atoms with van der Waals surface area (Å²) in [6, 6.07) is 6.10. The van der Waals surface area contributed by atoms with Crippen LogP contribution in [0.1, 0.15) is 19.4 Å². The third-order valence-corrected chi connectivity index (χ3v) is 5.96. The van der Waals surface area contributed by atoms with Crippen molar-refractivity contribution in [3.05, 3.63) is 39.5 Å². The van der Waals surface area contributed by atoms with Gasteiger partial charge in [0, 0.05) is 9.15 Å². The molecule has 0 aromatic heterocycles. The largest absolute Gasteiger partial charge is 0.460 e. The maximum atomic E-state index is 14.6. The minimum atomic E-state index is -7.15. The molecular weight excluding hydrogens is 522 g/mol. The van der Waals surface area contributed by atoms with Crippen molar-refractivity contribution in [2.24, 2.45) is 0 Å². The quantitative estimate of drug-likeness (QED) is 0.391. The van der Waals surface area contributed by atoms with E-state index >= 15 is 0 Å². The number of alkyl halides is 9. The van der Waals surface area contributed by atoms with Crippen molar-refractivity contribution in [1.29, 1.82) is 0 Å². The molecule has 0 aliphatic carbocycles. The molecule has 2 rings (SSSR count). The van der Waals surface area contributed by atoms with E-state index in [1.807, 2.05) is 0 Å². The van der Waals surface area contributed by atoms with E-state index in [9.17, 15) is 44.6 Å². The van der Waals surface area contributed by atoms with E-state index in [0.717, 1.165) is 26.0 Å². The molecule has 0 saturated carbocycles. The van der Waals surface area contributed by atoms with E-state index in [-0.39, 0.29) is 9.14 Å². The van der Waals surface area contributed by atoms with Gasteiger partial charge in [0.25, 0.3) is 5.79 Å². The maximum absolute atomic E-state index is 14.6. The van der Waals surface area contributed by atoms with Gasteiger partial charge in [0.2, 0.25) is 0 Å².